The van der Waals surface area contributed by atoms with Gasteiger partial charge in [0, 0.05) is 6.04 Å². The van der Waals surface area contributed by atoms with Crippen LogP contribution in [-0.2, 0) is 0 Å². The highest BCUT2D eigenvalue weighted by molar-refractivity contribution is 5.37. The molecule has 0 heterocycles. The second-order valence-electron chi connectivity index (χ2n) is 7.39. The van der Waals surface area contributed by atoms with Crippen molar-refractivity contribution in [2.75, 3.05) is 6.54 Å². The normalized spacial score (nSPS) is 38.9. The molecule has 3 fully saturated rings. The molecule has 0 spiro atoms. The average Bonchev–Trinajstić information content (AvgIpc) is 2.86. The summed E-state index contributed by atoms with van der Waals surface area (Å²) in [4.78, 5) is 0. The molecule has 1 N–H and O–H groups in total. The Hall–Kier alpha value is -0.820. The van der Waals surface area contributed by atoms with E-state index in [9.17, 15) is 0 Å². The zero-order chi connectivity index (χ0) is 13.9. The summed E-state index contributed by atoms with van der Waals surface area (Å²) in [5.41, 5.74) is 4.53. The van der Waals surface area contributed by atoms with Gasteiger partial charge in [0.2, 0.25) is 0 Å². The molecule has 5 unspecified atom stereocenters. The number of nitrogens with one attached hydrogen (secondary N) is 1. The molecule has 4 rings (SSSR count). The van der Waals surface area contributed by atoms with Gasteiger partial charge < -0.3 is 5.32 Å². The van der Waals surface area contributed by atoms with Gasteiger partial charge in [-0.15, -0.1) is 0 Å². The second kappa shape index (κ2) is 4.59. The van der Waals surface area contributed by atoms with Crippen LogP contribution in [0.15, 0.2) is 18.2 Å². The summed E-state index contributed by atoms with van der Waals surface area (Å²) in [6.45, 7) is 7.90. The Labute approximate surface area is 123 Å². The summed E-state index contributed by atoms with van der Waals surface area (Å²) in [7, 11) is 0. The Morgan fingerprint density at radius 3 is 2.50 bits per heavy atom. The molecular formula is C19H27N. The molecule has 108 valence electrons. The first-order valence-corrected chi connectivity index (χ1v) is 8.52. The summed E-state index contributed by atoms with van der Waals surface area (Å²) in [5, 5.41) is 3.83. The smallest absolute Gasteiger partial charge is 0.0357 e. The Kier molecular flexibility index (Phi) is 2.96. The maximum absolute atomic E-state index is 3.83. The Morgan fingerprint density at radius 1 is 1.15 bits per heavy atom. The maximum Gasteiger partial charge on any atom is 0.0357 e. The quantitative estimate of drug-likeness (QED) is 0.862. The van der Waals surface area contributed by atoms with Crippen LogP contribution in [0.4, 0.5) is 0 Å². The molecule has 3 aliphatic carbocycles. The van der Waals surface area contributed by atoms with Crippen LogP contribution in [0.2, 0.25) is 0 Å². The lowest BCUT2D eigenvalue weighted by molar-refractivity contribution is 0.373. The number of fused-ring (bicyclic) bond motifs is 5. The van der Waals surface area contributed by atoms with E-state index in [1.165, 1.54) is 24.0 Å². The van der Waals surface area contributed by atoms with Gasteiger partial charge in [0.1, 0.15) is 0 Å². The van der Waals surface area contributed by atoms with Crippen molar-refractivity contribution in [1.82, 2.24) is 5.32 Å². The number of hydrogen-bond acceptors (Lipinski definition) is 1. The largest absolute Gasteiger partial charge is 0.310 e. The molecule has 5 atom stereocenters. The third-order valence-electron chi connectivity index (χ3n) is 6.59. The van der Waals surface area contributed by atoms with Gasteiger partial charge in [0.05, 0.1) is 0 Å². The number of aryl methyl sites for hydroxylation is 1. The number of benzene rings is 1. The number of hydrogen-bond donors (Lipinski definition) is 1. The van der Waals surface area contributed by atoms with Crippen molar-refractivity contribution in [3.05, 3.63) is 34.9 Å². The first kappa shape index (κ1) is 12.9. The summed E-state index contributed by atoms with van der Waals surface area (Å²) in [5.74, 6) is 5.18. The second-order valence-corrected chi connectivity index (χ2v) is 7.39. The lowest BCUT2D eigenvalue weighted by atomic mass is 9.89. The van der Waals surface area contributed by atoms with Crippen molar-refractivity contribution >= 4 is 0 Å². The van der Waals surface area contributed by atoms with Crippen LogP contribution < -0.4 is 5.32 Å². The highest BCUT2D eigenvalue weighted by atomic mass is 14.9. The van der Waals surface area contributed by atoms with Gasteiger partial charge in [-0.25, -0.2) is 0 Å². The van der Waals surface area contributed by atoms with Crippen molar-refractivity contribution in [3.8, 4) is 0 Å². The van der Waals surface area contributed by atoms with Gasteiger partial charge in [-0.05, 0) is 85.9 Å². The van der Waals surface area contributed by atoms with Crippen molar-refractivity contribution in [2.24, 2.45) is 29.6 Å². The van der Waals surface area contributed by atoms with Crippen LogP contribution >= 0.6 is 0 Å². The minimum atomic E-state index is 0.610. The molecule has 0 aliphatic heterocycles. The van der Waals surface area contributed by atoms with Gasteiger partial charge in [-0.1, -0.05) is 25.1 Å². The van der Waals surface area contributed by atoms with E-state index in [0.717, 1.165) is 36.1 Å². The van der Waals surface area contributed by atoms with Crippen LogP contribution in [0.25, 0.3) is 0 Å². The van der Waals surface area contributed by atoms with E-state index in [1.807, 2.05) is 0 Å². The topological polar surface area (TPSA) is 12.0 Å². The van der Waals surface area contributed by atoms with E-state index < -0.39 is 0 Å². The molecule has 1 aromatic rings. The zero-order valence-electron chi connectivity index (χ0n) is 13.0. The molecule has 0 aromatic heterocycles. The predicted octanol–water partition coefficient (Wildman–Crippen LogP) is 4.25. The van der Waals surface area contributed by atoms with Crippen LogP contribution in [-0.4, -0.2) is 6.54 Å². The fourth-order valence-electron chi connectivity index (χ4n) is 5.62. The van der Waals surface area contributed by atoms with E-state index in [4.69, 9.17) is 0 Å². The Balaban J connectivity index is 1.64. The minimum absolute atomic E-state index is 0.610. The lowest BCUT2D eigenvalue weighted by Crippen LogP contribution is -2.26. The van der Waals surface area contributed by atoms with Gasteiger partial charge in [-0.3, -0.25) is 0 Å². The van der Waals surface area contributed by atoms with E-state index in [2.05, 4.69) is 44.3 Å². The minimum Gasteiger partial charge on any atom is -0.310 e. The number of rotatable bonds is 4. The molecule has 1 heteroatoms. The van der Waals surface area contributed by atoms with Crippen LogP contribution in [0.5, 0.6) is 0 Å². The average molecular weight is 269 g/mol. The van der Waals surface area contributed by atoms with Gasteiger partial charge in [0.15, 0.2) is 0 Å². The molecule has 0 amide bonds. The molecule has 0 saturated heterocycles. The fourth-order valence-corrected chi connectivity index (χ4v) is 5.62. The van der Waals surface area contributed by atoms with Crippen molar-refractivity contribution in [1.29, 1.82) is 0 Å². The van der Waals surface area contributed by atoms with E-state index in [1.54, 1.807) is 12.0 Å². The molecule has 3 aliphatic rings. The van der Waals surface area contributed by atoms with Gasteiger partial charge >= 0.3 is 0 Å². The van der Waals surface area contributed by atoms with Gasteiger partial charge in [-0.2, -0.15) is 0 Å². The first-order chi connectivity index (χ1) is 9.72. The third-order valence-corrected chi connectivity index (χ3v) is 6.59. The molecule has 1 aromatic carbocycles. The van der Waals surface area contributed by atoms with Crippen LogP contribution in [0, 0.1) is 43.4 Å². The highest BCUT2D eigenvalue weighted by Crippen LogP contribution is 2.72. The third kappa shape index (κ3) is 1.72. The lowest BCUT2D eigenvalue weighted by Gasteiger charge is -2.24. The molecule has 3 saturated carbocycles. The SMILES string of the molecule is CCNC(c1cccc(C)c1C)C1C2C3CCC(C3)C21. The Morgan fingerprint density at radius 2 is 1.85 bits per heavy atom. The van der Waals surface area contributed by atoms with E-state index >= 15 is 0 Å². The van der Waals surface area contributed by atoms with Crippen LogP contribution in [0.1, 0.15) is 48.9 Å². The van der Waals surface area contributed by atoms with Gasteiger partial charge in [0.25, 0.3) is 0 Å². The molecular weight excluding hydrogens is 242 g/mol. The van der Waals surface area contributed by atoms with Crippen molar-refractivity contribution in [3.63, 3.8) is 0 Å². The first-order valence-electron chi connectivity index (χ1n) is 8.52. The standard InChI is InChI=1S/C19H27N/c1-4-20-19(15-7-5-6-11(2)12(15)3)18-16-13-8-9-14(10-13)17(16)18/h5-7,13-14,16-20H,4,8-10H2,1-3H3. The summed E-state index contributed by atoms with van der Waals surface area (Å²) in [6, 6.07) is 7.47. The summed E-state index contributed by atoms with van der Waals surface area (Å²) >= 11 is 0. The van der Waals surface area contributed by atoms with E-state index in [-0.39, 0.29) is 0 Å². The van der Waals surface area contributed by atoms with Crippen molar-refractivity contribution < 1.29 is 0 Å². The molecule has 0 radical (unpaired) electrons. The van der Waals surface area contributed by atoms with Crippen molar-refractivity contribution in [2.45, 2.75) is 46.1 Å². The predicted molar refractivity (Wildman–Crippen MR) is 83.6 cm³/mol. The van der Waals surface area contributed by atoms with E-state index in [0.29, 0.717) is 6.04 Å². The summed E-state index contributed by atoms with van der Waals surface area (Å²) in [6.07, 6.45) is 4.60. The fraction of sp³-hybridized carbons (Fsp3) is 0.684. The highest BCUT2D eigenvalue weighted by Gasteiger charge is 2.66. The maximum atomic E-state index is 3.83. The monoisotopic (exact) mass is 269 g/mol. The molecule has 20 heavy (non-hydrogen) atoms. The zero-order valence-corrected chi connectivity index (χ0v) is 13.0. The molecule has 1 nitrogen and oxygen atoms in total. The van der Waals surface area contributed by atoms with Crippen LogP contribution in [0.3, 0.4) is 0 Å². The Bertz CT molecular complexity index is 504. The summed E-state index contributed by atoms with van der Waals surface area (Å²) < 4.78 is 0. The molecule has 2 bridgehead atoms.